The SMILES string of the molecule is CSc1nc(Cl)cc(N(C)CCOC(C)C)n1. The fourth-order valence-corrected chi connectivity index (χ4v) is 1.81. The molecule has 0 saturated heterocycles. The van der Waals surface area contributed by atoms with Crippen LogP contribution in [0.25, 0.3) is 0 Å². The summed E-state index contributed by atoms with van der Waals surface area (Å²) in [6.45, 7) is 5.49. The molecule has 0 aliphatic rings. The van der Waals surface area contributed by atoms with Crippen LogP contribution < -0.4 is 4.90 Å². The second-order valence-electron chi connectivity index (χ2n) is 3.88. The smallest absolute Gasteiger partial charge is 0.190 e. The maximum absolute atomic E-state index is 5.93. The monoisotopic (exact) mass is 275 g/mol. The topological polar surface area (TPSA) is 38.2 Å². The van der Waals surface area contributed by atoms with Crippen molar-refractivity contribution >= 4 is 29.2 Å². The Kier molecular flexibility index (Phi) is 6.02. The van der Waals surface area contributed by atoms with Gasteiger partial charge in [0.1, 0.15) is 11.0 Å². The van der Waals surface area contributed by atoms with E-state index in [0.717, 1.165) is 12.4 Å². The van der Waals surface area contributed by atoms with Gasteiger partial charge in [0.05, 0.1) is 12.7 Å². The summed E-state index contributed by atoms with van der Waals surface area (Å²) in [6, 6.07) is 1.76. The molecule has 0 unspecified atom stereocenters. The van der Waals surface area contributed by atoms with E-state index >= 15 is 0 Å². The third kappa shape index (κ3) is 5.10. The molecule has 1 aromatic heterocycles. The molecule has 1 heterocycles. The van der Waals surface area contributed by atoms with Crippen LogP contribution in [0.5, 0.6) is 0 Å². The van der Waals surface area contributed by atoms with E-state index in [-0.39, 0.29) is 6.10 Å². The van der Waals surface area contributed by atoms with E-state index in [9.17, 15) is 0 Å². The van der Waals surface area contributed by atoms with E-state index in [2.05, 4.69) is 9.97 Å². The van der Waals surface area contributed by atoms with Crippen LogP contribution in [0.3, 0.4) is 0 Å². The van der Waals surface area contributed by atoms with Gasteiger partial charge < -0.3 is 9.64 Å². The molecule has 0 amide bonds. The minimum atomic E-state index is 0.249. The third-order valence-corrected chi connectivity index (χ3v) is 2.85. The molecule has 1 aromatic rings. The summed E-state index contributed by atoms with van der Waals surface area (Å²) in [5.74, 6) is 0.821. The van der Waals surface area contributed by atoms with Gasteiger partial charge in [-0.2, -0.15) is 0 Å². The molecule has 0 aliphatic heterocycles. The molecule has 0 saturated carbocycles. The average Bonchev–Trinajstić information content (AvgIpc) is 2.27. The highest BCUT2D eigenvalue weighted by molar-refractivity contribution is 7.98. The number of hydrogen-bond acceptors (Lipinski definition) is 5. The van der Waals surface area contributed by atoms with Crippen LogP contribution in [0.2, 0.25) is 5.15 Å². The van der Waals surface area contributed by atoms with Crippen LogP contribution in [0.1, 0.15) is 13.8 Å². The Labute approximate surface area is 112 Å². The van der Waals surface area contributed by atoms with Crippen molar-refractivity contribution in [3.63, 3.8) is 0 Å². The Morgan fingerprint density at radius 2 is 2.18 bits per heavy atom. The molecule has 1 rings (SSSR count). The number of ether oxygens (including phenoxy) is 1. The van der Waals surface area contributed by atoms with Crippen molar-refractivity contribution < 1.29 is 4.74 Å². The number of likely N-dealkylation sites (N-methyl/N-ethyl adjacent to an activating group) is 1. The zero-order chi connectivity index (χ0) is 12.8. The van der Waals surface area contributed by atoms with Crippen LogP contribution in [0.15, 0.2) is 11.2 Å². The van der Waals surface area contributed by atoms with Gasteiger partial charge >= 0.3 is 0 Å². The molecule has 0 bridgehead atoms. The molecular formula is C11H18ClN3OS. The Morgan fingerprint density at radius 3 is 2.76 bits per heavy atom. The van der Waals surface area contributed by atoms with E-state index in [0.29, 0.717) is 16.9 Å². The van der Waals surface area contributed by atoms with Gasteiger partial charge in [-0.3, -0.25) is 0 Å². The summed E-state index contributed by atoms with van der Waals surface area (Å²) in [5.41, 5.74) is 0. The van der Waals surface area contributed by atoms with Crippen LogP contribution in [-0.4, -0.2) is 42.5 Å². The molecule has 0 aliphatic carbocycles. The molecule has 0 aromatic carbocycles. The average molecular weight is 276 g/mol. The molecule has 4 nitrogen and oxygen atoms in total. The van der Waals surface area contributed by atoms with Gasteiger partial charge in [0.2, 0.25) is 0 Å². The maximum Gasteiger partial charge on any atom is 0.190 e. The number of halogens is 1. The van der Waals surface area contributed by atoms with Crippen molar-refractivity contribution in [2.24, 2.45) is 0 Å². The van der Waals surface area contributed by atoms with Crippen LogP contribution >= 0.6 is 23.4 Å². The molecule has 0 atom stereocenters. The van der Waals surface area contributed by atoms with E-state index in [4.69, 9.17) is 16.3 Å². The predicted octanol–water partition coefficient (Wildman–Crippen LogP) is 2.71. The second-order valence-corrected chi connectivity index (χ2v) is 5.04. The van der Waals surface area contributed by atoms with E-state index in [1.807, 2.05) is 32.1 Å². The highest BCUT2D eigenvalue weighted by Gasteiger charge is 2.07. The number of aromatic nitrogens is 2. The number of rotatable bonds is 6. The van der Waals surface area contributed by atoms with Gasteiger partial charge in [-0.25, -0.2) is 9.97 Å². The minimum absolute atomic E-state index is 0.249. The van der Waals surface area contributed by atoms with Gasteiger partial charge in [0.25, 0.3) is 0 Å². The highest BCUT2D eigenvalue weighted by Crippen LogP contribution is 2.19. The minimum Gasteiger partial charge on any atom is -0.377 e. The van der Waals surface area contributed by atoms with Crippen molar-refractivity contribution in [1.29, 1.82) is 0 Å². The Bertz CT molecular complexity index is 363. The predicted molar refractivity (Wildman–Crippen MR) is 73.2 cm³/mol. The Hall–Kier alpha value is -0.520. The summed E-state index contributed by atoms with van der Waals surface area (Å²) in [6.07, 6.45) is 2.18. The molecule has 0 fully saturated rings. The molecule has 17 heavy (non-hydrogen) atoms. The van der Waals surface area contributed by atoms with E-state index in [1.54, 1.807) is 6.07 Å². The van der Waals surface area contributed by atoms with Crippen molar-refractivity contribution in [2.75, 3.05) is 31.4 Å². The lowest BCUT2D eigenvalue weighted by molar-refractivity contribution is 0.0845. The van der Waals surface area contributed by atoms with Crippen molar-refractivity contribution in [3.05, 3.63) is 11.2 Å². The molecule has 0 spiro atoms. The summed E-state index contributed by atoms with van der Waals surface area (Å²) < 4.78 is 5.50. The molecule has 6 heteroatoms. The molecule has 96 valence electrons. The van der Waals surface area contributed by atoms with Crippen LogP contribution in [0, 0.1) is 0 Å². The zero-order valence-corrected chi connectivity index (χ0v) is 12.2. The van der Waals surface area contributed by atoms with Crippen LogP contribution in [-0.2, 0) is 4.74 Å². The lowest BCUT2D eigenvalue weighted by Crippen LogP contribution is -2.25. The first-order valence-corrected chi connectivity index (χ1v) is 7.04. The van der Waals surface area contributed by atoms with Crippen molar-refractivity contribution in [1.82, 2.24) is 9.97 Å². The van der Waals surface area contributed by atoms with Gasteiger partial charge in [-0.1, -0.05) is 23.4 Å². The largest absolute Gasteiger partial charge is 0.377 e. The molecule has 0 N–H and O–H groups in total. The van der Waals surface area contributed by atoms with E-state index < -0.39 is 0 Å². The van der Waals surface area contributed by atoms with Gasteiger partial charge in [-0.15, -0.1) is 0 Å². The lowest BCUT2D eigenvalue weighted by atomic mass is 10.4. The van der Waals surface area contributed by atoms with Crippen LogP contribution in [0.4, 0.5) is 5.82 Å². The normalized spacial score (nSPS) is 10.9. The Balaban J connectivity index is 2.61. The van der Waals surface area contributed by atoms with Crippen molar-refractivity contribution in [3.8, 4) is 0 Å². The summed E-state index contributed by atoms with van der Waals surface area (Å²) in [5, 5.41) is 1.15. The number of thioether (sulfide) groups is 1. The summed E-state index contributed by atoms with van der Waals surface area (Å²) in [7, 11) is 1.96. The zero-order valence-electron chi connectivity index (χ0n) is 10.6. The summed E-state index contributed by atoms with van der Waals surface area (Å²) >= 11 is 7.41. The number of hydrogen-bond donors (Lipinski definition) is 0. The lowest BCUT2D eigenvalue weighted by Gasteiger charge is -2.19. The van der Waals surface area contributed by atoms with E-state index in [1.165, 1.54) is 11.8 Å². The molecule has 0 radical (unpaired) electrons. The summed E-state index contributed by atoms with van der Waals surface area (Å²) in [4.78, 5) is 10.5. The van der Waals surface area contributed by atoms with Gasteiger partial charge in [-0.05, 0) is 20.1 Å². The van der Waals surface area contributed by atoms with Gasteiger partial charge in [0.15, 0.2) is 5.16 Å². The molecular weight excluding hydrogens is 258 g/mol. The van der Waals surface area contributed by atoms with Crippen molar-refractivity contribution in [2.45, 2.75) is 25.1 Å². The highest BCUT2D eigenvalue weighted by atomic mass is 35.5. The first-order valence-electron chi connectivity index (χ1n) is 5.44. The Morgan fingerprint density at radius 1 is 1.47 bits per heavy atom. The fourth-order valence-electron chi connectivity index (χ4n) is 1.21. The standard InChI is InChI=1S/C11H18ClN3OS/c1-8(2)16-6-5-15(3)10-7-9(12)13-11(14-10)17-4/h7-8H,5-6H2,1-4H3. The number of nitrogens with zero attached hydrogens (tertiary/aromatic N) is 3. The third-order valence-electron chi connectivity index (χ3n) is 2.11. The van der Waals surface area contributed by atoms with Gasteiger partial charge in [0, 0.05) is 19.7 Å². The first-order chi connectivity index (χ1) is 8.02. The fraction of sp³-hybridized carbons (Fsp3) is 0.636. The maximum atomic E-state index is 5.93. The first kappa shape index (κ1) is 14.5. The second kappa shape index (κ2) is 7.03. The number of anilines is 1. The quantitative estimate of drug-likeness (QED) is 0.453.